The maximum atomic E-state index is 12.5. The van der Waals surface area contributed by atoms with Gasteiger partial charge in [-0.2, -0.15) is 0 Å². The van der Waals surface area contributed by atoms with Gasteiger partial charge in [0, 0.05) is 24.8 Å². The van der Waals surface area contributed by atoms with Gasteiger partial charge in [-0.25, -0.2) is 0 Å². The van der Waals surface area contributed by atoms with Gasteiger partial charge in [0.15, 0.2) is 0 Å². The van der Waals surface area contributed by atoms with Crippen molar-refractivity contribution in [2.45, 2.75) is 25.3 Å². The zero-order valence-electron chi connectivity index (χ0n) is 11.2. The van der Waals surface area contributed by atoms with Crippen LogP contribution in [0.2, 0.25) is 0 Å². The number of carbonyl (C=O) groups excluding carboxylic acids is 1. The number of carbonyl (C=O) groups is 1. The van der Waals surface area contributed by atoms with E-state index >= 15 is 0 Å². The van der Waals surface area contributed by atoms with Crippen LogP contribution in [0.4, 0.5) is 5.69 Å². The lowest BCUT2D eigenvalue weighted by Crippen LogP contribution is -2.37. The minimum atomic E-state index is 0.0831. The fraction of sp³-hybridized carbons (Fsp3) is 0.533. The predicted molar refractivity (Wildman–Crippen MR) is 76.0 cm³/mol. The molecule has 0 aliphatic carbocycles. The van der Waals surface area contributed by atoms with Gasteiger partial charge in [0.25, 0.3) is 5.91 Å². The van der Waals surface area contributed by atoms with E-state index in [1.54, 1.807) is 6.07 Å². The van der Waals surface area contributed by atoms with Gasteiger partial charge in [0.05, 0.1) is 5.56 Å². The Morgan fingerprint density at radius 3 is 2.63 bits per heavy atom. The van der Waals surface area contributed by atoms with Crippen LogP contribution in [0.25, 0.3) is 0 Å². The molecule has 2 fully saturated rings. The number of nitrogens with zero attached hydrogens (tertiary/aromatic N) is 2. The molecular weight excluding hydrogens is 238 g/mol. The summed E-state index contributed by atoms with van der Waals surface area (Å²) in [6, 6.07) is 7.90. The molecular formula is C15H21N3O. The Hall–Kier alpha value is -1.55. The molecule has 2 aliphatic heterocycles. The fourth-order valence-corrected chi connectivity index (χ4v) is 3.19. The molecule has 1 unspecified atom stereocenters. The fourth-order valence-electron chi connectivity index (χ4n) is 3.19. The summed E-state index contributed by atoms with van der Waals surface area (Å²) in [5.41, 5.74) is 7.11. The monoisotopic (exact) mass is 259 g/mol. The van der Waals surface area contributed by atoms with Crippen molar-refractivity contribution in [3.8, 4) is 0 Å². The number of anilines is 1. The maximum absolute atomic E-state index is 12.5. The van der Waals surface area contributed by atoms with Gasteiger partial charge >= 0.3 is 0 Å². The Bertz CT molecular complexity index is 468. The third-order valence-electron chi connectivity index (χ3n) is 4.30. The van der Waals surface area contributed by atoms with Crippen molar-refractivity contribution in [3.05, 3.63) is 29.8 Å². The van der Waals surface area contributed by atoms with Crippen molar-refractivity contribution in [1.82, 2.24) is 9.80 Å². The van der Waals surface area contributed by atoms with Crippen LogP contribution in [-0.4, -0.2) is 47.9 Å². The molecule has 1 atom stereocenters. The molecule has 2 saturated heterocycles. The highest BCUT2D eigenvalue weighted by Gasteiger charge is 2.32. The van der Waals surface area contributed by atoms with E-state index in [1.807, 2.05) is 23.1 Å². The first-order chi connectivity index (χ1) is 9.25. The van der Waals surface area contributed by atoms with E-state index in [1.165, 1.54) is 25.9 Å². The van der Waals surface area contributed by atoms with E-state index in [4.69, 9.17) is 5.73 Å². The number of hydrogen-bond donors (Lipinski definition) is 1. The van der Waals surface area contributed by atoms with E-state index in [2.05, 4.69) is 4.90 Å². The van der Waals surface area contributed by atoms with Crippen LogP contribution < -0.4 is 5.73 Å². The largest absolute Gasteiger partial charge is 0.398 e. The number of amides is 1. The number of benzene rings is 1. The molecule has 1 amide bonds. The molecule has 1 aromatic rings. The summed E-state index contributed by atoms with van der Waals surface area (Å²) < 4.78 is 0. The summed E-state index contributed by atoms with van der Waals surface area (Å²) >= 11 is 0. The van der Waals surface area contributed by atoms with Gasteiger partial charge in [-0.15, -0.1) is 0 Å². The summed E-state index contributed by atoms with van der Waals surface area (Å²) in [5, 5.41) is 0. The highest BCUT2D eigenvalue weighted by Crippen LogP contribution is 2.23. The van der Waals surface area contributed by atoms with Crippen molar-refractivity contribution in [1.29, 1.82) is 0 Å². The smallest absolute Gasteiger partial charge is 0.255 e. The first-order valence-electron chi connectivity index (χ1n) is 7.13. The Labute approximate surface area is 114 Å². The van der Waals surface area contributed by atoms with Gasteiger partial charge in [-0.1, -0.05) is 12.1 Å². The first-order valence-corrected chi connectivity index (χ1v) is 7.13. The van der Waals surface area contributed by atoms with Gasteiger partial charge in [-0.3, -0.25) is 9.69 Å². The second-order valence-corrected chi connectivity index (χ2v) is 5.52. The Balaban J connectivity index is 1.67. The molecule has 0 spiro atoms. The standard InChI is InChI=1S/C15H21N3O/c16-14-6-2-1-5-13(14)15(19)18-10-7-12(11-18)17-8-3-4-9-17/h1-2,5-6,12H,3-4,7-11,16H2. The van der Waals surface area contributed by atoms with E-state index in [9.17, 15) is 4.79 Å². The zero-order valence-corrected chi connectivity index (χ0v) is 11.2. The molecule has 2 heterocycles. The Morgan fingerprint density at radius 2 is 1.89 bits per heavy atom. The van der Waals surface area contributed by atoms with Crippen LogP contribution in [0.15, 0.2) is 24.3 Å². The molecule has 0 bridgehead atoms. The number of nitrogen functional groups attached to an aromatic ring is 1. The highest BCUT2D eigenvalue weighted by molar-refractivity contribution is 5.99. The summed E-state index contributed by atoms with van der Waals surface area (Å²) in [4.78, 5) is 16.9. The van der Waals surface area contributed by atoms with E-state index < -0.39 is 0 Å². The van der Waals surface area contributed by atoms with Crippen LogP contribution in [0.3, 0.4) is 0 Å². The average molecular weight is 259 g/mol. The number of likely N-dealkylation sites (tertiary alicyclic amines) is 2. The molecule has 3 rings (SSSR count). The van der Waals surface area contributed by atoms with E-state index in [0.717, 1.165) is 19.5 Å². The van der Waals surface area contributed by atoms with Crippen LogP contribution in [0.1, 0.15) is 29.6 Å². The molecule has 0 radical (unpaired) electrons. The molecule has 4 heteroatoms. The molecule has 1 aromatic carbocycles. The third kappa shape index (κ3) is 2.45. The summed E-state index contributed by atoms with van der Waals surface area (Å²) in [6.07, 6.45) is 3.70. The summed E-state index contributed by atoms with van der Waals surface area (Å²) in [7, 11) is 0. The number of nitrogens with two attached hydrogens (primary N) is 1. The molecule has 0 aromatic heterocycles. The van der Waals surface area contributed by atoms with Crippen LogP contribution in [0, 0.1) is 0 Å². The SMILES string of the molecule is Nc1ccccc1C(=O)N1CCC(N2CCCC2)C1. The first kappa shape index (κ1) is 12.5. The Kier molecular flexibility index (Phi) is 3.42. The van der Waals surface area contributed by atoms with Crippen LogP contribution >= 0.6 is 0 Å². The van der Waals surface area contributed by atoms with Crippen molar-refractivity contribution >= 4 is 11.6 Å². The minimum Gasteiger partial charge on any atom is -0.398 e. The molecule has 4 nitrogen and oxygen atoms in total. The number of rotatable bonds is 2. The second kappa shape index (κ2) is 5.21. The average Bonchev–Trinajstić information content (AvgIpc) is 3.09. The van der Waals surface area contributed by atoms with Gasteiger partial charge in [-0.05, 0) is 44.5 Å². The topological polar surface area (TPSA) is 49.6 Å². The van der Waals surface area contributed by atoms with Crippen molar-refractivity contribution in [2.24, 2.45) is 0 Å². The van der Waals surface area contributed by atoms with Crippen molar-refractivity contribution in [2.75, 3.05) is 31.9 Å². The number of hydrogen-bond acceptors (Lipinski definition) is 3. The van der Waals surface area contributed by atoms with Crippen LogP contribution in [0.5, 0.6) is 0 Å². The lowest BCUT2D eigenvalue weighted by atomic mass is 10.1. The molecule has 2 aliphatic rings. The van der Waals surface area contributed by atoms with Crippen LogP contribution in [-0.2, 0) is 0 Å². The molecule has 0 saturated carbocycles. The third-order valence-corrected chi connectivity index (χ3v) is 4.30. The Morgan fingerprint density at radius 1 is 1.16 bits per heavy atom. The normalized spacial score (nSPS) is 24.0. The molecule has 102 valence electrons. The summed E-state index contributed by atoms with van der Waals surface area (Å²) in [6.45, 7) is 4.10. The number of para-hydroxylation sites is 1. The zero-order chi connectivity index (χ0) is 13.2. The minimum absolute atomic E-state index is 0.0831. The van der Waals surface area contributed by atoms with Crippen molar-refractivity contribution < 1.29 is 4.79 Å². The highest BCUT2D eigenvalue weighted by atomic mass is 16.2. The van der Waals surface area contributed by atoms with E-state index in [0.29, 0.717) is 17.3 Å². The van der Waals surface area contributed by atoms with Crippen molar-refractivity contribution in [3.63, 3.8) is 0 Å². The quantitative estimate of drug-likeness (QED) is 0.820. The lowest BCUT2D eigenvalue weighted by Gasteiger charge is -2.23. The predicted octanol–water partition coefficient (Wildman–Crippen LogP) is 1.58. The van der Waals surface area contributed by atoms with Gasteiger partial charge in [0.2, 0.25) is 0 Å². The molecule has 2 N–H and O–H groups in total. The van der Waals surface area contributed by atoms with E-state index in [-0.39, 0.29) is 5.91 Å². The summed E-state index contributed by atoms with van der Waals surface area (Å²) in [5.74, 6) is 0.0831. The van der Waals surface area contributed by atoms with Gasteiger partial charge < -0.3 is 10.6 Å². The second-order valence-electron chi connectivity index (χ2n) is 5.52. The maximum Gasteiger partial charge on any atom is 0.255 e. The lowest BCUT2D eigenvalue weighted by molar-refractivity contribution is 0.0781. The van der Waals surface area contributed by atoms with Gasteiger partial charge in [0.1, 0.15) is 0 Å². The molecule has 19 heavy (non-hydrogen) atoms.